The van der Waals surface area contributed by atoms with E-state index in [1.54, 1.807) is 12.3 Å². The minimum absolute atomic E-state index is 0.0441. The molecule has 5 nitrogen and oxygen atoms in total. The second-order valence-corrected chi connectivity index (χ2v) is 8.14. The fourth-order valence-corrected chi connectivity index (χ4v) is 5.20. The van der Waals surface area contributed by atoms with Crippen molar-refractivity contribution in [2.24, 2.45) is 5.41 Å². The predicted octanol–water partition coefficient (Wildman–Crippen LogP) is 2.31. The summed E-state index contributed by atoms with van der Waals surface area (Å²) in [7, 11) is -2.44. The Labute approximate surface area is 123 Å². The van der Waals surface area contributed by atoms with Crippen molar-refractivity contribution in [3.8, 4) is 0 Å². The summed E-state index contributed by atoms with van der Waals surface area (Å²) in [6.07, 6.45) is 3.20. The van der Waals surface area contributed by atoms with Gasteiger partial charge in [0.1, 0.15) is 9.77 Å². The lowest BCUT2D eigenvalue weighted by Crippen LogP contribution is -2.40. The average molecular weight is 317 g/mol. The molecule has 112 valence electrons. The van der Waals surface area contributed by atoms with Crippen LogP contribution in [0.15, 0.2) is 10.3 Å². The number of aryl methyl sites for hydroxylation is 1. The summed E-state index contributed by atoms with van der Waals surface area (Å²) in [4.78, 5) is 11.8. The quantitative estimate of drug-likeness (QED) is 0.846. The number of hydrogen-bond acceptors (Lipinski definition) is 5. The maximum atomic E-state index is 12.4. The van der Waals surface area contributed by atoms with Crippen LogP contribution in [0.3, 0.4) is 0 Å². The fourth-order valence-electron chi connectivity index (χ4n) is 2.30. The minimum Gasteiger partial charge on any atom is -0.465 e. The number of ether oxygens (including phenoxy) is 1. The molecule has 1 aliphatic rings. The molecule has 1 heterocycles. The molecule has 0 aromatic carbocycles. The lowest BCUT2D eigenvalue weighted by atomic mass is 9.71. The number of methoxy groups -OCH3 is 1. The molecule has 1 N–H and O–H groups in total. The number of carbonyl (C=O) groups is 1. The number of esters is 1. The maximum absolute atomic E-state index is 12.4. The van der Waals surface area contributed by atoms with Gasteiger partial charge in [0.2, 0.25) is 10.0 Å². The van der Waals surface area contributed by atoms with Crippen molar-refractivity contribution in [1.29, 1.82) is 0 Å². The highest BCUT2D eigenvalue weighted by Crippen LogP contribution is 2.40. The first-order valence-electron chi connectivity index (χ1n) is 6.45. The lowest BCUT2D eigenvalue weighted by molar-refractivity contribution is 0.0602. The predicted molar refractivity (Wildman–Crippen MR) is 77.5 cm³/mol. The van der Waals surface area contributed by atoms with Crippen LogP contribution in [0.4, 0.5) is 0 Å². The summed E-state index contributed by atoms with van der Waals surface area (Å²) in [6, 6.07) is 0. The molecular formula is C13H19NO4S2. The summed E-state index contributed by atoms with van der Waals surface area (Å²) < 4.78 is 32.1. The first-order chi connectivity index (χ1) is 9.29. The molecule has 1 saturated carbocycles. The van der Waals surface area contributed by atoms with Crippen LogP contribution in [0.5, 0.6) is 0 Å². The standard InChI is InChI=1S/C13H19NO4S2/c1-9-7-19-10(12(15)18-3)11(9)20(16,17)14-8-13(2)5-4-6-13/h7,14H,4-6,8H2,1-3H3. The second kappa shape index (κ2) is 5.46. The summed E-state index contributed by atoms with van der Waals surface area (Å²) in [5, 5.41) is 1.66. The van der Waals surface area contributed by atoms with Crippen molar-refractivity contribution in [3.63, 3.8) is 0 Å². The smallest absolute Gasteiger partial charge is 0.349 e. The third-order valence-corrected chi connectivity index (χ3v) is 6.60. The van der Waals surface area contributed by atoms with Crippen LogP contribution in [0, 0.1) is 12.3 Å². The zero-order valence-electron chi connectivity index (χ0n) is 11.9. The Morgan fingerprint density at radius 2 is 2.15 bits per heavy atom. The molecule has 20 heavy (non-hydrogen) atoms. The highest BCUT2D eigenvalue weighted by atomic mass is 32.2. The topological polar surface area (TPSA) is 72.5 Å². The average Bonchev–Trinajstić information content (AvgIpc) is 2.76. The molecule has 7 heteroatoms. The van der Waals surface area contributed by atoms with Crippen molar-refractivity contribution < 1.29 is 17.9 Å². The van der Waals surface area contributed by atoms with Crippen LogP contribution < -0.4 is 4.72 Å². The monoisotopic (exact) mass is 317 g/mol. The Kier molecular flexibility index (Phi) is 4.22. The third kappa shape index (κ3) is 2.89. The Balaban J connectivity index is 2.25. The van der Waals surface area contributed by atoms with Crippen LogP contribution in [-0.4, -0.2) is 28.0 Å². The zero-order valence-corrected chi connectivity index (χ0v) is 13.5. The van der Waals surface area contributed by atoms with E-state index in [4.69, 9.17) is 0 Å². The highest BCUT2D eigenvalue weighted by Gasteiger charge is 2.34. The number of rotatable bonds is 5. The first-order valence-corrected chi connectivity index (χ1v) is 8.81. The molecule has 1 aromatic rings. The Morgan fingerprint density at radius 3 is 2.65 bits per heavy atom. The maximum Gasteiger partial charge on any atom is 0.349 e. The van der Waals surface area contributed by atoms with E-state index in [0.29, 0.717) is 12.1 Å². The van der Waals surface area contributed by atoms with E-state index in [0.717, 1.165) is 30.6 Å². The van der Waals surface area contributed by atoms with Crippen LogP contribution in [-0.2, 0) is 14.8 Å². The minimum atomic E-state index is -3.68. The van der Waals surface area contributed by atoms with E-state index in [9.17, 15) is 13.2 Å². The van der Waals surface area contributed by atoms with Gasteiger partial charge >= 0.3 is 5.97 Å². The van der Waals surface area contributed by atoms with Gasteiger partial charge in [0.05, 0.1) is 7.11 Å². The Hall–Kier alpha value is -0.920. The van der Waals surface area contributed by atoms with Crippen LogP contribution in [0.1, 0.15) is 41.4 Å². The van der Waals surface area contributed by atoms with Gasteiger partial charge in [-0.05, 0) is 36.1 Å². The molecule has 2 rings (SSSR count). The normalized spacial score (nSPS) is 17.6. The van der Waals surface area contributed by atoms with Crippen molar-refractivity contribution >= 4 is 27.3 Å². The number of thiophene rings is 1. The van der Waals surface area contributed by atoms with Gasteiger partial charge < -0.3 is 4.74 Å². The SMILES string of the molecule is COC(=O)c1scc(C)c1S(=O)(=O)NCC1(C)CCC1. The van der Waals surface area contributed by atoms with Gasteiger partial charge in [0.15, 0.2) is 0 Å². The molecule has 1 aliphatic carbocycles. The van der Waals surface area contributed by atoms with E-state index in [-0.39, 0.29) is 15.2 Å². The molecule has 1 aromatic heterocycles. The molecule has 0 atom stereocenters. The van der Waals surface area contributed by atoms with Crippen molar-refractivity contribution in [3.05, 3.63) is 15.8 Å². The second-order valence-electron chi connectivity index (χ2n) is 5.56. The van der Waals surface area contributed by atoms with Crippen molar-refractivity contribution in [2.75, 3.05) is 13.7 Å². The fraction of sp³-hybridized carbons (Fsp3) is 0.615. The van der Waals surface area contributed by atoms with E-state index in [1.165, 1.54) is 7.11 Å². The van der Waals surface area contributed by atoms with Gasteiger partial charge in [-0.1, -0.05) is 13.3 Å². The van der Waals surface area contributed by atoms with Gasteiger partial charge in [0.25, 0.3) is 0 Å². The summed E-state index contributed by atoms with van der Waals surface area (Å²) in [5.74, 6) is -0.613. The Morgan fingerprint density at radius 1 is 1.50 bits per heavy atom. The molecule has 0 bridgehead atoms. The van der Waals surface area contributed by atoms with Gasteiger partial charge in [0, 0.05) is 6.54 Å². The van der Waals surface area contributed by atoms with Crippen molar-refractivity contribution in [1.82, 2.24) is 4.72 Å². The van der Waals surface area contributed by atoms with Gasteiger partial charge in [-0.3, -0.25) is 0 Å². The molecule has 0 radical (unpaired) electrons. The van der Waals surface area contributed by atoms with Crippen LogP contribution in [0.25, 0.3) is 0 Å². The molecule has 0 amide bonds. The highest BCUT2D eigenvalue weighted by molar-refractivity contribution is 7.89. The first kappa shape index (κ1) is 15.5. The number of sulfonamides is 1. The van der Waals surface area contributed by atoms with Crippen molar-refractivity contribution in [2.45, 2.75) is 38.0 Å². The van der Waals surface area contributed by atoms with Gasteiger partial charge in [-0.25, -0.2) is 17.9 Å². The number of carbonyl (C=O) groups excluding carboxylic acids is 1. The molecule has 0 unspecified atom stereocenters. The zero-order chi connectivity index (χ0) is 15.0. The van der Waals surface area contributed by atoms with E-state index in [1.807, 2.05) is 0 Å². The van der Waals surface area contributed by atoms with E-state index >= 15 is 0 Å². The van der Waals surface area contributed by atoms with Gasteiger partial charge in [-0.2, -0.15) is 0 Å². The summed E-state index contributed by atoms with van der Waals surface area (Å²) in [5.41, 5.74) is 0.615. The van der Waals surface area contributed by atoms with Crippen LogP contribution in [0.2, 0.25) is 0 Å². The van der Waals surface area contributed by atoms with E-state index < -0.39 is 16.0 Å². The Bertz CT molecular complexity index is 614. The van der Waals surface area contributed by atoms with E-state index in [2.05, 4.69) is 16.4 Å². The molecule has 0 saturated heterocycles. The van der Waals surface area contributed by atoms with Gasteiger partial charge in [-0.15, -0.1) is 11.3 Å². The van der Waals surface area contributed by atoms with Crippen LogP contribution >= 0.6 is 11.3 Å². The molecule has 1 fully saturated rings. The largest absolute Gasteiger partial charge is 0.465 e. The molecule has 0 spiro atoms. The number of nitrogens with one attached hydrogen (secondary N) is 1. The lowest BCUT2D eigenvalue weighted by Gasteiger charge is -2.38. The summed E-state index contributed by atoms with van der Waals surface area (Å²) in [6.45, 7) is 4.16. The molecular weight excluding hydrogens is 298 g/mol. The molecule has 0 aliphatic heterocycles. The summed E-state index contributed by atoms with van der Waals surface area (Å²) >= 11 is 1.10. The third-order valence-electron chi connectivity index (χ3n) is 3.81. The number of hydrogen-bond donors (Lipinski definition) is 1.